The summed E-state index contributed by atoms with van der Waals surface area (Å²) in [6.07, 6.45) is -0.234. The summed E-state index contributed by atoms with van der Waals surface area (Å²) in [5, 5.41) is 10.1. The molecule has 0 aliphatic carbocycles. The summed E-state index contributed by atoms with van der Waals surface area (Å²) < 4.78 is 5.59. The van der Waals surface area contributed by atoms with Crippen molar-refractivity contribution in [2.24, 2.45) is 11.7 Å². The van der Waals surface area contributed by atoms with Crippen molar-refractivity contribution in [3.8, 4) is 6.07 Å². The van der Waals surface area contributed by atoms with Crippen LogP contribution in [0.3, 0.4) is 0 Å². The first-order valence-corrected chi connectivity index (χ1v) is 6.82. The number of hydrazine groups is 1. The van der Waals surface area contributed by atoms with Gasteiger partial charge in [-0.25, -0.2) is 5.43 Å². The highest BCUT2D eigenvalue weighted by atomic mass is 35.5. The van der Waals surface area contributed by atoms with Gasteiger partial charge in [0.15, 0.2) is 6.23 Å². The van der Waals surface area contributed by atoms with Gasteiger partial charge in [-0.2, -0.15) is 5.26 Å². The molecule has 3 rings (SSSR count). The van der Waals surface area contributed by atoms with Crippen LogP contribution in [0.5, 0.6) is 0 Å². The highest BCUT2D eigenvalue weighted by Crippen LogP contribution is 2.42. The highest BCUT2D eigenvalue weighted by molar-refractivity contribution is 6.30. The minimum absolute atomic E-state index is 0.0955. The van der Waals surface area contributed by atoms with E-state index in [1.165, 1.54) is 0 Å². The lowest BCUT2D eigenvalue weighted by Gasteiger charge is -2.35. The summed E-state index contributed by atoms with van der Waals surface area (Å²) >= 11 is 5.94. The molecule has 4 N–H and O–H groups in total. The summed E-state index contributed by atoms with van der Waals surface area (Å²) in [4.78, 5) is 0. The van der Waals surface area contributed by atoms with Gasteiger partial charge in [-0.3, -0.25) is 5.43 Å². The van der Waals surface area contributed by atoms with Crippen molar-refractivity contribution < 1.29 is 4.74 Å². The summed E-state index contributed by atoms with van der Waals surface area (Å²) in [5.41, 5.74) is 13.6. The molecular weight excluding hydrogens is 276 g/mol. The largest absolute Gasteiger partial charge is 0.458 e. The molecule has 0 saturated carbocycles. The molecule has 0 amide bonds. The molecular formula is C14H15ClN4O. The van der Waals surface area contributed by atoms with Crippen LogP contribution in [-0.2, 0) is 4.74 Å². The molecule has 1 aromatic rings. The zero-order chi connectivity index (χ0) is 14.3. The van der Waals surface area contributed by atoms with Crippen LogP contribution in [0.25, 0.3) is 0 Å². The molecule has 5 nitrogen and oxygen atoms in total. The van der Waals surface area contributed by atoms with E-state index in [0.29, 0.717) is 10.6 Å². The zero-order valence-electron chi connectivity index (χ0n) is 10.9. The maximum atomic E-state index is 9.42. The molecule has 2 aliphatic rings. The van der Waals surface area contributed by atoms with E-state index in [0.717, 1.165) is 5.56 Å². The van der Waals surface area contributed by atoms with E-state index >= 15 is 0 Å². The maximum absolute atomic E-state index is 9.42. The topological polar surface area (TPSA) is 83.1 Å². The standard InChI is InChI=1S/C14H15ClN4O/c1-7-11-12(8-2-4-9(15)5-3-8)10(6-16)13(17)20-14(11)19-18-7/h2-5,7,11-12,14,18-19H,17H2,1H3. The minimum atomic E-state index is -0.234. The summed E-state index contributed by atoms with van der Waals surface area (Å²) in [5.74, 6) is 0.184. The number of fused-ring (bicyclic) bond motifs is 1. The monoisotopic (exact) mass is 290 g/mol. The molecule has 0 aromatic heterocycles. The van der Waals surface area contributed by atoms with Crippen molar-refractivity contribution in [2.75, 3.05) is 0 Å². The fourth-order valence-electron chi connectivity index (χ4n) is 2.97. The van der Waals surface area contributed by atoms with E-state index in [9.17, 15) is 5.26 Å². The number of nitriles is 1. The normalized spacial score (nSPS) is 32.5. The predicted molar refractivity (Wildman–Crippen MR) is 75.1 cm³/mol. The van der Waals surface area contributed by atoms with E-state index in [1.807, 2.05) is 24.3 Å². The van der Waals surface area contributed by atoms with Gasteiger partial charge in [-0.05, 0) is 24.6 Å². The Morgan fingerprint density at radius 2 is 2.00 bits per heavy atom. The van der Waals surface area contributed by atoms with Crippen molar-refractivity contribution in [1.29, 1.82) is 5.26 Å². The predicted octanol–water partition coefficient (Wildman–Crippen LogP) is 1.59. The first-order valence-electron chi connectivity index (χ1n) is 6.44. The molecule has 20 heavy (non-hydrogen) atoms. The van der Waals surface area contributed by atoms with Gasteiger partial charge in [0.05, 0.1) is 5.57 Å². The number of rotatable bonds is 1. The molecule has 1 aromatic carbocycles. The van der Waals surface area contributed by atoms with E-state index in [4.69, 9.17) is 22.1 Å². The second kappa shape index (κ2) is 4.98. The van der Waals surface area contributed by atoms with Crippen molar-refractivity contribution in [3.63, 3.8) is 0 Å². The van der Waals surface area contributed by atoms with Gasteiger partial charge >= 0.3 is 0 Å². The fourth-order valence-corrected chi connectivity index (χ4v) is 3.10. The van der Waals surface area contributed by atoms with E-state index in [1.54, 1.807) is 0 Å². The van der Waals surface area contributed by atoms with Crippen LogP contribution in [-0.4, -0.2) is 12.3 Å². The lowest BCUT2D eigenvalue weighted by atomic mass is 9.76. The van der Waals surface area contributed by atoms with Gasteiger partial charge in [-0.15, -0.1) is 0 Å². The van der Waals surface area contributed by atoms with Crippen molar-refractivity contribution in [1.82, 2.24) is 10.9 Å². The van der Waals surface area contributed by atoms with Crippen molar-refractivity contribution >= 4 is 11.6 Å². The Kier molecular flexibility index (Phi) is 3.30. The van der Waals surface area contributed by atoms with E-state index in [-0.39, 0.29) is 30.0 Å². The molecule has 6 heteroatoms. The Labute approximate surface area is 122 Å². The third-order valence-electron chi connectivity index (χ3n) is 3.95. The van der Waals surface area contributed by atoms with E-state index < -0.39 is 0 Å². The third-order valence-corrected chi connectivity index (χ3v) is 4.20. The average Bonchev–Trinajstić information content (AvgIpc) is 2.79. The van der Waals surface area contributed by atoms with Crippen LogP contribution < -0.4 is 16.6 Å². The van der Waals surface area contributed by atoms with Gasteiger partial charge < -0.3 is 10.5 Å². The lowest BCUT2D eigenvalue weighted by molar-refractivity contribution is 0.0351. The van der Waals surface area contributed by atoms with Crippen LogP contribution in [0.15, 0.2) is 35.7 Å². The number of nitrogens with two attached hydrogens (primary N) is 1. The molecule has 4 unspecified atom stereocenters. The molecule has 2 aliphatic heterocycles. The van der Waals surface area contributed by atoms with Crippen molar-refractivity contribution in [3.05, 3.63) is 46.3 Å². The Morgan fingerprint density at radius 1 is 1.30 bits per heavy atom. The molecule has 0 radical (unpaired) electrons. The number of hydrogen-bond acceptors (Lipinski definition) is 5. The fraction of sp³-hybridized carbons (Fsp3) is 0.357. The van der Waals surface area contributed by atoms with Gasteiger partial charge in [0, 0.05) is 22.9 Å². The highest BCUT2D eigenvalue weighted by Gasteiger charge is 2.46. The molecule has 1 saturated heterocycles. The molecule has 0 bridgehead atoms. The molecule has 1 fully saturated rings. The summed E-state index contributed by atoms with van der Waals surface area (Å²) in [7, 11) is 0. The summed E-state index contributed by atoms with van der Waals surface area (Å²) in [6.45, 7) is 2.06. The number of nitrogens with one attached hydrogen (secondary N) is 2. The number of nitrogens with zero attached hydrogens (tertiary/aromatic N) is 1. The van der Waals surface area contributed by atoms with Gasteiger partial charge in [-0.1, -0.05) is 23.7 Å². The number of benzene rings is 1. The van der Waals surface area contributed by atoms with Crippen LogP contribution in [0.4, 0.5) is 0 Å². The Bertz CT molecular complexity index is 592. The zero-order valence-corrected chi connectivity index (χ0v) is 11.7. The number of allylic oxidation sites excluding steroid dienone is 1. The SMILES string of the molecule is CC1NNC2OC(N)=C(C#N)C(c3ccc(Cl)cc3)C12. The van der Waals surface area contributed by atoms with E-state index in [2.05, 4.69) is 23.8 Å². The van der Waals surface area contributed by atoms with Crippen LogP contribution in [0, 0.1) is 17.2 Å². The number of ether oxygens (including phenoxy) is 1. The number of hydrogen-bond donors (Lipinski definition) is 3. The Morgan fingerprint density at radius 3 is 2.65 bits per heavy atom. The Balaban J connectivity index is 2.09. The summed E-state index contributed by atoms with van der Waals surface area (Å²) in [6, 6.07) is 9.88. The molecule has 104 valence electrons. The van der Waals surface area contributed by atoms with Gasteiger partial charge in [0.1, 0.15) is 6.07 Å². The van der Waals surface area contributed by atoms with Crippen LogP contribution in [0.1, 0.15) is 18.4 Å². The first-order chi connectivity index (χ1) is 9.61. The minimum Gasteiger partial charge on any atom is -0.458 e. The first kappa shape index (κ1) is 13.3. The quantitative estimate of drug-likeness (QED) is 0.731. The second-order valence-electron chi connectivity index (χ2n) is 5.11. The molecule has 2 heterocycles. The third kappa shape index (κ3) is 2.02. The Hall–Kier alpha value is -1.74. The molecule has 4 atom stereocenters. The second-order valence-corrected chi connectivity index (χ2v) is 5.55. The van der Waals surface area contributed by atoms with Gasteiger partial charge in [0.2, 0.25) is 5.88 Å². The van der Waals surface area contributed by atoms with Crippen molar-refractivity contribution in [2.45, 2.75) is 25.1 Å². The maximum Gasteiger partial charge on any atom is 0.200 e. The number of halogens is 1. The van der Waals surface area contributed by atoms with Crippen LogP contribution >= 0.6 is 11.6 Å². The average molecular weight is 291 g/mol. The van der Waals surface area contributed by atoms with Gasteiger partial charge in [0.25, 0.3) is 0 Å². The molecule has 0 spiro atoms. The lowest BCUT2D eigenvalue weighted by Crippen LogP contribution is -2.41. The van der Waals surface area contributed by atoms with Crippen LogP contribution in [0.2, 0.25) is 5.02 Å². The smallest absolute Gasteiger partial charge is 0.200 e.